The van der Waals surface area contributed by atoms with E-state index in [1.54, 1.807) is 0 Å². The molecule has 0 fully saturated rings. The number of esters is 1. The standard InChI is InChI=1S/C22H15FN2O4/c23-14-3-1-12(2-4-14)20-11-19(26)18-6-5-17(10-21(18)29-20)28-22(27)13-7-15(24)9-16(25)8-13/h1-11H,24-25H2. The zero-order valence-electron chi connectivity index (χ0n) is 15.0. The SMILES string of the molecule is Nc1cc(N)cc(C(=O)Oc2ccc3c(=O)cc(-c4ccc(F)cc4)oc3c2)c1. The number of ether oxygens (including phenoxy) is 1. The van der Waals surface area contributed by atoms with Crippen LogP contribution in [0.2, 0.25) is 0 Å². The molecular weight excluding hydrogens is 375 g/mol. The molecular formula is C22H15FN2O4. The first kappa shape index (κ1) is 18.2. The molecule has 0 amide bonds. The van der Waals surface area contributed by atoms with Crippen molar-refractivity contribution in [3.63, 3.8) is 0 Å². The molecule has 0 saturated heterocycles. The highest BCUT2D eigenvalue weighted by atomic mass is 19.1. The molecule has 0 aliphatic heterocycles. The van der Waals surface area contributed by atoms with Crippen LogP contribution in [0.1, 0.15) is 10.4 Å². The van der Waals surface area contributed by atoms with Crippen LogP contribution in [0.4, 0.5) is 15.8 Å². The summed E-state index contributed by atoms with van der Waals surface area (Å²) in [5.74, 6) is -0.592. The molecule has 1 aromatic heterocycles. The maximum absolute atomic E-state index is 13.1. The summed E-state index contributed by atoms with van der Waals surface area (Å²) in [7, 11) is 0. The fraction of sp³-hybridized carbons (Fsp3) is 0. The van der Waals surface area contributed by atoms with Gasteiger partial charge in [0.2, 0.25) is 0 Å². The summed E-state index contributed by atoms with van der Waals surface area (Å²) >= 11 is 0. The van der Waals surface area contributed by atoms with Gasteiger partial charge in [-0.2, -0.15) is 0 Å². The lowest BCUT2D eigenvalue weighted by molar-refractivity contribution is 0.0735. The monoisotopic (exact) mass is 390 g/mol. The number of anilines is 2. The van der Waals surface area contributed by atoms with Crippen LogP contribution in [0.25, 0.3) is 22.3 Å². The molecule has 3 aromatic carbocycles. The molecule has 7 heteroatoms. The minimum atomic E-state index is -0.652. The van der Waals surface area contributed by atoms with Gasteiger partial charge in [-0.15, -0.1) is 0 Å². The maximum atomic E-state index is 13.1. The Morgan fingerprint density at radius 2 is 1.59 bits per heavy atom. The van der Waals surface area contributed by atoms with Crippen molar-refractivity contribution in [1.29, 1.82) is 0 Å². The van der Waals surface area contributed by atoms with Gasteiger partial charge in [-0.1, -0.05) is 0 Å². The van der Waals surface area contributed by atoms with Crippen molar-refractivity contribution in [3.05, 3.63) is 88.3 Å². The molecule has 6 nitrogen and oxygen atoms in total. The van der Waals surface area contributed by atoms with E-state index in [2.05, 4.69) is 0 Å². The van der Waals surface area contributed by atoms with Gasteiger partial charge in [0, 0.05) is 29.1 Å². The number of benzene rings is 3. The second-order valence-corrected chi connectivity index (χ2v) is 6.42. The van der Waals surface area contributed by atoms with Crippen LogP contribution < -0.4 is 21.6 Å². The Balaban J connectivity index is 1.70. The summed E-state index contributed by atoms with van der Waals surface area (Å²) in [6, 6.07) is 15.8. The molecule has 0 bridgehead atoms. The number of hydrogen-bond donors (Lipinski definition) is 2. The third-order valence-electron chi connectivity index (χ3n) is 4.25. The molecule has 4 N–H and O–H groups in total. The van der Waals surface area contributed by atoms with Crippen LogP contribution in [-0.4, -0.2) is 5.97 Å². The summed E-state index contributed by atoms with van der Waals surface area (Å²) in [6.07, 6.45) is 0. The van der Waals surface area contributed by atoms with Gasteiger partial charge >= 0.3 is 5.97 Å². The molecule has 0 aliphatic carbocycles. The number of fused-ring (bicyclic) bond motifs is 1. The Hall–Kier alpha value is -4.13. The third kappa shape index (κ3) is 3.79. The minimum absolute atomic E-state index is 0.183. The Morgan fingerprint density at radius 3 is 2.28 bits per heavy atom. The highest BCUT2D eigenvalue weighted by molar-refractivity contribution is 5.93. The topological polar surface area (TPSA) is 109 Å². The predicted molar refractivity (Wildman–Crippen MR) is 108 cm³/mol. The molecule has 4 aromatic rings. The van der Waals surface area contributed by atoms with E-state index < -0.39 is 11.8 Å². The molecule has 0 spiro atoms. The van der Waals surface area contributed by atoms with Crippen molar-refractivity contribution in [3.8, 4) is 17.1 Å². The summed E-state index contributed by atoms with van der Waals surface area (Å²) < 4.78 is 24.3. The lowest BCUT2D eigenvalue weighted by Crippen LogP contribution is -2.10. The predicted octanol–water partition coefficient (Wildman–Crippen LogP) is 3.98. The van der Waals surface area contributed by atoms with Crippen molar-refractivity contribution in [2.45, 2.75) is 0 Å². The van der Waals surface area contributed by atoms with Gasteiger partial charge < -0.3 is 20.6 Å². The van der Waals surface area contributed by atoms with Crippen LogP contribution in [0.15, 0.2) is 75.9 Å². The zero-order valence-corrected chi connectivity index (χ0v) is 15.0. The van der Waals surface area contributed by atoms with Crippen LogP contribution >= 0.6 is 0 Å². The minimum Gasteiger partial charge on any atom is -0.456 e. The Bertz CT molecular complexity index is 1280. The van der Waals surface area contributed by atoms with E-state index in [1.807, 2.05) is 0 Å². The molecule has 0 aliphatic rings. The van der Waals surface area contributed by atoms with Crippen LogP contribution in [0.3, 0.4) is 0 Å². The lowest BCUT2D eigenvalue weighted by atomic mass is 10.1. The summed E-state index contributed by atoms with van der Waals surface area (Å²) in [6.45, 7) is 0. The van der Waals surface area contributed by atoms with E-state index in [9.17, 15) is 14.0 Å². The zero-order chi connectivity index (χ0) is 20.5. The molecule has 4 rings (SSSR count). The van der Waals surface area contributed by atoms with Crippen molar-refractivity contribution < 1.29 is 18.3 Å². The van der Waals surface area contributed by atoms with Gasteiger partial charge in [-0.05, 0) is 54.6 Å². The van der Waals surface area contributed by atoms with Crippen molar-refractivity contribution >= 4 is 28.3 Å². The lowest BCUT2D eigenvalue weighted by Gasteiger charge is -2.08. The number of halogens is 1. The number of carbonyl (C=O) groups is 1. The van der Waals surface area contributed by atoms with E-state index in [0.717, 1.165) is 0 Å². The van der Waals surface area contributed by atoms with Gasteiger partial charge in [0.25, 0.3) is 0 Å². The molecule has 29 heavy (non-hydrogen) atoms. The van der Waals surface area contributed by atoms with E-state index in [0.29, 0.717) is 22.3 Å². The van der Waals surface area contributed by atoms with Gasteiger partial charge in [-0.25, -0.2) is 9.18 Å². The number of rotatable bonds is 3. The highest BCUT2D eigenvalue weighted by Gasteiger charge is 2.13. The van der Waals surface area contributed by atoms with Crippen molar-refractivity contribution in [1.82, 2.24) is 0 Å². The number of nitrogens with two attached hydrogens (primary N) is 2. The van der Waals surface area contributed by atoms with Crippen molar-refractivity contribution in [2.24, 2.45) is 0 Å². The smallest absolute Gasteiger partial charge is 0.343 e. The number of hydrogen-bond acceptors (Lipinski definition) is 6. The first-order valence-corrected chi connectivity index (χ1v) is 8.61. The molecule has 0 radical (unpaired) electrons. The molecule has 0 saturated carbocycles. The second-order valence-electron chi connectivity index (χ2n) is 6.42. The average molecular weight is 390 g/mol. The average Bonchev–Trinajstić information content (AvgIpc) is 2.67. The molecule has 0 unspecified atom stereocenters. The van der Waals surface area contributed by atoms with Crippen LogP contribution in [0, 0.1) is 5.82 Å². The van der Waals surface area contributed by atoms with Gasteiger partial charge in [0.05, 0.1) is 10.9 Å². The maximum Gasteiger partial charge on any atom is 0.343 e. The van der Waals surface area contributed by atoms with Crippen LogP contribution in [0.5, 0.6) is 5.75 Å². The Morgan fingerprint density at radius 1 is 0.897 bits per heavy atom. The van der Waals surface area contributed by atoms with E-state index in [-0.39, 0.29) is 28.1 Å². The van der Waals surface area contributed by atoms with Crippen LogP contribution in [-0.2, 0) is 0 Å². The number of nitrogen functional groups attached to an aromatic ring is 2. The molecule has 1 heterocycles. The fourth-order valence-electron chi connectivity index (χ4n) is 2.92. The normalized spacial score (nSPS) is 10.8. The highest BCUT2D eigenvalue weighted by Crippen LogP contribution is 2.26. The largest absolute Gasteiger partial charge is 0.456 e. The number of carbonyl (C=O) groups excluding carboxylic acids is 1. The van der Waals surface area contributed by atoms with Gasteiger partial charge in [-0.3, -0.25) is 4.79 Å². The van der Waals surface area contributed by atoms with Crippen molar-refractivity contribution in [2.75, 3.05) is 11.5 Å². The summed E-state index contributed by atoms with van der Waals surface area (Å²) in [4.78, 5) is 24.8. The first-order valence-electron chi connectivity index (χ1n) is 8.61. The molecule has 144 valence electrons. The summed E-state index contributed by atoms with van der Waals surface area (Å²) in [5, 5.41) is 0.323. The van der Waals surface area contributed by atoms with E-state index in [1.165, 1.54) is 66.7 Å². The Labute approximate surface area is 164 Å². The van der Waals surface area contributed by atoms with Gasteiger partial charge in [0.15, 0.2) is 5.43 Å². The Kier molecular flexibility index (Phi) is 4.48. The second kappa shape index (κ2) is 7.12. The first-order chi connectivity index (χ1) is 13.9. The third-order valence-corrected chi connectivity index (χ3v) is 4.25. The molecule has 0 atom stereocenters. The summed E-state index contributed by atoms with van der Waals surface area (Å²) in [5.41, 5.74) is 12.8. The van der Waals surface area contributed by atoms with E-state index in [4.69, 9.17) is 20.6 Å². The quantitative estimate of drug-likeness (QED) is 0.311. The van der Waals surface area contributed by atoms with E-state index >= 15 is 0 Å². The van der Waals surface area contributed by atoms with Gasteiger partial charge in [0.1, 0.15) is 22.9 Å². The fourth-order valence-corrected chi connectivity index (χ4v) is 2.92.